The number of halogens is 1. The average Bonchev–Trinajstić information content (AvgIpc) is 3.15. The minimum Gasteiger partial charge on any atom is -0.371 e. The molecule has 1 aliphatic heterocycles. The van der Waals surface area contributed by atoms with E-state index in [4.69, 9.17) is 11.6 Å². The highest BCUT2D eigenvalue weighted by molar-refractivity contribution is 6.30. The SMILES string of the molecule is CCc1nc2ccc(Cl)cn2c1C(=O)NCc1ccc(N2CCC(C=O)CC2)cc1. The molecule has 0 unspecified atom stereocenters. The topological polar surface area (TPSA) is 66.7 Å². The predicted molar refractivity (Wildman–Crippen MR) is 118 cm³/mol. The molecule has 4 rings (SSSR count). The lowest BCUT2D eigenvalue weighted by Gasteiger charge is -2.31. The van der Waals surface area contributed by atoms with Gasteiger partial charge in [-0.15, -0.1) is 0 Å². The monoisotopic (exact) mass is 424 g/mol. The lowest BCUT2D eigenvalue weighted by Crippen LogP contribution is -2.34. The number of piperidine rings is 1. The number of aldehydes is 1. The smallest absolute Gasteiger partial charge is 0.270 e. The Labute approximate surface area is 180 Å². The van der Waals surface area contributed by atoms with Crippen molar-refractivity contribution < 1.29 is 9.59 Å². The molecule has 0 bridgehead atoms. The summed E-state index contributed by atoms with van der Waals surface area (Å²) in [7, 11) is 0. The summed E-state index contributed by atoms with van der Waals surface area (Å²) in [5.41, 5.74) is 4.18. The van der Waals surface area contributed by atoms with Gasteiger partial charge in [-0.05, 0) is 49.1 Å². The second-order valence-corrected chi connectivity index (χ2v) is 8.08. The van der Waals surface area contributed by atoms with Crippen LogP contribution < -0.4 is 10.2 Å². The highest BCUT2D eigenvalue weighted by Crippen LogP contribution is 2.23. The van der Waals surface area contributed by atoms with Crippen molar-refractivity contribution in [3.8, 4) is 0 Å². The minimum atomic E-state index is -0.165. The first kappa shape index (κ1) is 20.4. The van der Waals surface area contributed by atoms with Crippen LogP contribution in [0.15, 0.2) is 42.6 Å². The number of nitrogens with one attached hydrogen (secondary N) is 1. The van der Waals surface area contributed by atoms with Gasteiger partial charge in [-0.3, -0.25) is 9.20 Å². The van der Waals surface area contributed by atoms with Gasteiger partial charge in [-0.1, -0.05) is 30.7 Å². The van der Waals surface area contributed by atoms with Crippen LogP contribution in [0, 0.1) is 5.92 Å². The van der Waals surface area contributed by atoms with Crippen molar-refractivity contribution in [2.75, 3.05) is 18.0 Å². The van der Waals surface area contributed by atoms with Gasteiger partial charge in [-0.25, -0.2) is 4.98 Å². The summed E-state index contributed by atoms with van der Waals surface area (Å²) in [6.07, 6.45) is 5.28. The van der Waals surface area contributed by atoms with Crippen molar-refractivity contribution in [3.63, 3.8) is 0 Å². The molecule has 6 nitrogen and oxygen atoms in total. The number of carbonyl (C=O) groups excluding carboxylic acids is 2. The molecule has 0 atom stereocenters. The zero-order chi connectivity index (χ0) is 21.1. The fourth-order valence-electron chi connectivity index (χ4n) is 3.94. The highest BCUT2D eigenvalue weighted by atomic mass is 35.5. The number of imidazole rings is 1. The van der Waals surface area contributed by atoms with E-state index in [1.807, 2.05) is 25.1 Å². The number of amides is 1. The van der Waals surface area contributed by atoms with Gasteiger partial charge >= 0.3 is 0 Å². The molecular weight excluding hydrogens is 400 g/mol. The number of hydrogen-bond acceptors (Lipinski definition) is 4. The Hall–Kier alpha value is -2.86. The molecule has 1 aliphatic rings. The molecule has 1 fully saturated rings. The molecule has 1 aromatic carbocycles. The number of fused-ring (bicyclic) bond motifs is 1. The van der Waals surface area contributed by atoms with Crippen molar-refractivity contribution in [2.45, 2.75) is 32.7 Å². The van der Waals surface area contributed by atoms with Crippen LogP contribution in [0.4, 0.5) is 5.69 Å². The Kier molecular flexibility index (Phi) is 6.04. The molecule has 1 saturated heterocycles. The van der Waals surface area contributed by atoms with Crippen LogP contribution in [0.1, 0.15) is 41.5 Å². The van der Waals surface area contributed by atoms with Gasteiger partial charge in [0.15, 0.2) is 0 Å². The molecule has 7 heteroatoms. The van der Waals surface area contributed by atoms with E-state index >= 15 is 0 Å². The molecule has 3 heterocycles. The van der Waals surface area contributed by atoms with Gasteiger partial charge in [-0.2, -0.15) is 0 Å². The largest absolute Gasteiger partial charge is 0.371 e. The number of benzene rings is 1. The van der Waals surface area contributed by atoms with Gasteiger partial charge in [0, 0.05) is 37.4 Å². The quantitative estimate of drug-likeness (QED) is 0.609. The van der Waals surface area contributed by atoms with Crippen LogP contribution in [-0.2, 0) is 17.8 Å². The Morgan fingerprint density at radius 1 is 1.20 bits per heavy atom. The molecule has 1 amide bonds. The minimum absolute atomic E-state index is 0.165. The average molecular weight is 425 g/mol. The van der Waals surface area contributed by atoms with E-state index < -0.39 is 0 Å². The zero-order valence-corrected chi connectivity index (χ0v) is 17.7. The summed E-state index contributed by atoms with van der Waals surface area (Å²) >= 11 is 6.11. The second kappa shape index (κ2) is 8.88. The van der Waals surface area contributed by atoms with Crippen molar-refractivity contribution in [1.29, 1.82) is 0 Å². The summed E-state index contributed by atoms with van der Waals surface area (Å²) < 4.78 is 1.75. The number of nitrogens with zero attached hydrogens (tertiary/aromatic N) is 3. The number of aryl methyl sites for hydroxylation is 1. The molecule has 2 aromatic heterocycles. The Bertz CT molecular complexity index is 1050. The van der Waals surface area contributed by atoms with Gasteiger partial charge in [0.1, 0.15) is 17.6 Å². The summed E-state index contributed by atoms with van der Waals surface area (Å²) in [6.45, 7) is 4.21. The third-order valence-electron chi connectivity index (χ3n) is 5.69. The van der Waals surface area contributed by atoms with E-state index in [0.29, 0.717) is 29.3 Å². The highest BCUT2D eigenvalue weighted by Gasteiger charge is 2.20. The van der Waals surface area contributed by atoms with Crippen molar-refractivity contribution in [2.24, 2.45) is 5.92 Å². The van der Waals surface area contributed by atoms with Gasteiger partial charge in [0.25, 0.3) is 5.91 Å². The third kappa shape index (κ3) is 4.19. The predicted octanol–water partition coefficient (Wildman–Crippen LogP) is 3.90. The van der Waals surface area contributed by atoms with E-state index in [1.165, 1.54) is 0 Å². The van der Waals surface area contributed by atoms with Crippen molar-refractivity contribution in [1.82, 2.24) is 14.7 Å². The number of aromatic nitrogens is 2. The number of hydrogen-bond donors (Lipinski definition) is 1. The normalized spacial score (nSPS) is 14.8. The van der Waals surface area contributed by atoms with Crippen LogP contribution in [0.25, 0.3) is 5.65 Å². The van der Waals surface area contributed by atoms with Crippen LogP contribution in [-0.4, -0.2) is 34.7 Å². The van der Waals surface area contributed by atoms with Gasteiger partial charge < -0.3 is 15.0 Å². The first-order valence-corrected chi connectivity index (χ1v) is 10.7. The van der Waals surface area contributed by atoms with E-state index in [2.05, 4.69) is 27.3 Å². The Balaban J connectivity index is 1.43. The van der Waals surface area contributed by atoms with Crippen LogP contribution in [0.2, 0.25) is 5.02 Å². The van der Waals surface area contributed by atoms with Gasteiger partial charge in [0.05, 0.1) is 10.7 Å². The molecule has 1 N–H and O–H groups in total. The Morgan fingerprint density at radius 3 is 2.60 bits per heavy atom. The molecule has 30 heavy (non-hydrogen) atoms. The number of carbonyl (C=O) groups is 2. The fraction of sp³-hybridized carbons (Fsp3) is 0.348. The maximum Gasteiger partial charge on any atom is 0.270 e. The summed E-state index contributed by atoms with van der Waals surface area (Å²) in [6, 6.07) is 11.8. The second-order valence-electron chi connectivity index (χ2n) is 7.65. The lowest BCUT2D eigenvalue weighted by molar-refractivity contribution is -0.111. The fourth-order valence-corrected chi connectivity index (χ4v) is 4.10. The summed E-state index contributed by atoms with van der Waals surface area (Å²) in [5, 5.41) is 3.56. The zero-order valence-electron chi connectivity index (χ0n) is 17.0. The van der Waals surface area contributed by atoms with Gasteiger partial charge in [0.2, 0.25) is 0 Å². The standard InChI is InChI=1S/C23H25ClN4O2/c1-2-20-22(28-14-18(24)5-8-21(28)26-20)23(30)25-13-16-3-6-19(7-4-16)27-11-9-17(15-29)10-12-27/h3-8,14-15,17H,2,9-13H2,1H3,(H,25,30). The van der Waals surface area contributed by atoms with Crippen LogP contribution >= 0.6 is 11.6 Å². The molecule has 3 aromatic rings. The molecule has 0 spiro atoms. The number of pyridine rings is 1. The van der Waals surface area contributed by atoms with E-state index in [0.717, 1.165) is 49.2 Å². The van der Waals surface area contributed by atoms with Crippen LogP contribution in [0.5, 0.6) is 0 Å². The third-order valence-corrected chi connectivity index (χ3v) is 5.91. The number of anilines is 1. The molecule has 0 aliphatic carbocycles. The lowest BCUT2D eigenvalue weighted by atomic mass is 9.98. The first-order chi connectivity index (χ1) is 14.6. The van der Waals surface area contributed by atoms with Crippen LogP contribution in [0.3, 0.4) is 0 Å². The van der Waals surface area contributed by atoms with Crippen molar-refractivity contribution >= 4 is 35.1 Å². The summed E-state index contributed by atoms with van der Waals surface area (Å²) in [5.74, 6) is 0.0277. The van der Waals surface area contributed by atoms with E-state index in [1.54, 1.807) is 16.7 Å². The first-order valence-electron chi connectivity index (χ1n) is 10.3. The van der Waals surface area contributed by atoms with Crippen molar-refractivity contribution in [3.05, 3.63) is 64.6 Å². The Morgan fingerprint density at radius 2 is 1.93 bits per heavy atom. The number of rotatable bonds is 6. The van der Waals surface area contributed by atoms with E-state index in [9.17, 15) is 9.59 Å². The summed E-state index contributed by atoms with van der Waals surface area (Å²) in [4.78, 5) is 30.7. The maximum absolute atomic E-state index is 12.9. The molecular formula is C23H25ClN4O2. The molecule has 156 valence electrons. The maximum atomic E-state index is 12.9. The molecule has 0 saturated carbocycles. The molecule has 0 radical (unpaired) electrons. The van der Waals surface area contributed by atoms with E-state index in [-0.39, 0.29) is 11.8 Å².